The van der Waals surface area contributed by atoms with Crippen LogP contribution in [0.1, 0.15) is 10.4 Å². The van der Waals surface area contributed by atoms with Crippen LogP contribution in [0.15, 0.2) is 18.2 Å². The van der Waals surface area contributed by atoms with Gasteiger partial charge >= 0.3 is 5.97 Å². The number of rotatable bonds is 4. The zero-order valence-corrected chi connectivity index (χ0v) is 8.40. The number of nitrogen functional groups attached to an aromatic ring is 1. The summed E-state index contributed by atoms with van der Waals surface area (Å²) in [5.41, 5.74) is 6.24. The number of carbonyl (C=O) groups excluding carboxylic acids is 1. The van der Waals surface area contributed by atoms with Gasteiger partial charge in [-0.3, -0.25) is 0 Å². The molecule has 1 aromatic carbocycles. The van der Waals surface area contributed by atoms with Crippen LogP contribution in [-0.2, 0) is 4.74 Å². The predicted molar refractivity (Wildman–Crippen MR) is 54.8 cm³/mol. The molecule has 15 heavy (non-hydrogen) atoms. The van der Waals surface area contributed by atoms with Crippen LogP contribution in [0.3, 0.4) is 0 Å². The number of methoxy groups -OCH3 is 1. The van der Waals surface area contributed by atoms with Gasteiger partial charge in [0.15, 0.2) is 0 Å². The maximum absolute atomic E-state index is 11.3. The van der Waals surface area contributed by atoms with Gasteiger partial charge in [0.1, 0.15) is 17.9 Å². The van der Waals surface area contributed by atoms with Gasteiger partial charge < -0.3 is 20.3 Å². The summed E-state index contributed by atoms with van der Waals surface area (Å²) in [7, 11) is 1.28. The number of anilines is 1. The van der Waals surface area contributed by atoms with Gasteiger partial charge in [-0.15, -0.1) is 0 Å². The minimum atomic E-state index is -0.518. The second-order valence-electron chi connectivity index (χ2n) is 2.82. The van der Waals surface area contributed by atoms with Crippen LogP contribution in [0.5, 0.6) is 5.75 Å². The SMILES string of the molecule is COC(=O)c1cc(N)ccc1OCCO. The summed E-state index contributed by atoms with van der Waals surface area (Å²) in [5.74, 6) is -0.166. The van der Waals surface area contributed by atoms with Gasteiger partial charge in [0.05, 0.1) is 13.7 Å². The quantitative estimate of drug-likeness (QED) is 0.557. The van der Waals surface area contributed by atoms with Gasteiger partial charge in [-0.25, -0.2) is 4.79 Å². The van der Waals surface area contributed by atoms with Crippen LogP contribution in [0.4, 0.5) is 5.69 Å². The Hall–Kier alpha value is -1.75. The Balaban J connectivity index is 2.97. The fourth-order valence-electron chi connectivity index (χ4n) is 1.10. The highest BCUT2D eigenvalue weighted by molar-refractivity contribution is 5.93. The van der Waals surface area contributed by atoms with Crippen molar-refractivity contribution in [2.24, 2.45) is 0 Å². The number of aliphatic hydroxyl groups is 1. The first kappa shape index (κ1) is 11.3. The summed E-state index contributed by atoms with van der Waals surface area (Å²) >= 11 is 0. The van der Waals surface area contributed by atoms with Crippen molar-refractivity contribution < 1.29 is 19.4 Å². The third-order valence-electron chi connectivity index (χ3n) is 1.76. The van der Waals surface area contributed by atoms with E-state index < -0.39 is 5.97 Å². The second kappa shape index (κ2) is 5.21. The van der Waals surface area contributed by atoms with Crippen molar-refractivity contribution in [3.05, 3.63) is 23.8 Å². The van der Waals surface area contributed by atoms with Gasteiger partial charge in [-0.1, -0.05) is 0 Å². The lowest BCUT2D eigenvalue weighted by Gasteiger charge is -2.09. The third-order valence-corrected chi connectivity index (χ3v) is 1.76. The number of hydrogen-bond donors (Lipinski definition) is 2. The van der Waals surface area contributed by atoms with E-state index in [1.807, 2.05) is 0 Å². The van der Waals surface area contributed by atoms with Crippen molar-refractivity contribution in [1.29, 1.82) is 0 Å². The van der Waals surface area contributed by atoms with E-state index in [2.05, 4.69) is 4.74 Å². The van der Waals surface area contributed by atoms with E-state index >= 15 is 0 Å². The highest BCUT2D eigenvalue weighted by Crippen LogP contribution is 2.22. The van der Waals surface area contributed by atoms with E-state index in [4.69, 9.17) is 15.6 Å². The predicted octanol–water partition coefficient (Wildman–Crippen LogP) is 0.427. The molecule has 0 bridgehead atoms. The second-order valence-corrected chi connectivity index (χ2v) is 2.82. The lowest BCUT2D eigenvalue weighted by atomic mass is 10.2. The monoisotopic (exact) mass is 211 g/mol. The molecule has 5 heteroatoms. The highest BCUT2D eigenvalue weighted by Gasteiger charge is 2.13. The standard InChI is InChI=1S/C10H13NO4/c1-14-10(13)8-6-7(11)2-3-9(8)15-5-4-12/h2-3,6,12H,4-5,11H2,1H3. The minimum absolute atomic E-state index is 0.119. The number of benzene rings is 1. The van der Waals surface area contributed by atoms with Crippen molar-refractivity contribution in [1.82, 2.24) is 0 Å². The molecular weight excluding hydrogens is 198 g/mol. The molecule has 0 saturated carbocycles. The first-order chi connectivity index (χ1) is 7.19. The normalized spacial score (nSPS) is 9.73. The molecule has 1 aromatic rings. The van der Waals surface area contributed by atoms with E-state index in [9.17, 15) is 4.79 Å². The molecule has 0 spiro atoms. The Morgan fingerprint density at radius 1 is 1.53 bits per heavy atom. The average Bonchev–Trinajstić information content (AvgIpc) is 2.26. The number of esters is 1. The van der Waals surface area contributed by atoms with E-state index in [0.717, 1.165) is 0 Å². The maximum Gasteiger partial charge on any atom is 0.341 e. The van der Waals surface area contributed by atoms with Gasteiger partial charge in [0.2, 0.25) is 0 Å². The van der Waals surface area contributed by atoms with Crippen LogP contribution >= 0.6 is 0 Å². The Kier molecular flexibility index (Phi) is 3.93. The summed E-state index contributed by atoms with van der Waals surface area (Å²) < 4.78 is 9.73. The molecule has 0 radical (unpaired) electrons. The Bertz CT molecular complexity index is 351. The number of carbonyl (C=O) groups is 1. The molecule has 0 aliphatic rings. The van der Waals surface area contributed by atoms with Gasteiger partial charge in [-0.05, 0) is 18.2 Å². The van der Waals surface area contributed by atoms with Gasteiger partial charge in [-0.2, -0.15) is 0 Å². The van der Waals surface area contributed by atoms with Crippen LogP contribution in [-0.4, -0.2) is 31.4 Å². The van der Waals surface area contributed by atoms with Crippen molar-refractivity contribution >= 4 is 11.7 Å². The third kappa shape index (κ3) is 2.85. The fourth-order valence-corrected chi connectivity index (χ4v) is 1.10. The van der Waals surface area contributed by atoms with Gasteiger partial charge in [0, 0.05) is 5.69 Å². The zero-order chi connectivity index (χ0) is 11.3. The smallest absolute Gasteiger partial charge is 0.341 e. The lowest BCUT2D eigenvalue weighted by molar-refractivity contribution is 0.0595. The maximum atomic E-state index is 11.3. The fraction of sp³-hybridized carbons (Fsp3) is 0.300. The summed E-state index contributed by atoms with van der Waals surface area (Å²) in [6.45, 7) is -0.00109. The van der Waals surface area contributed by atoms with Crippen molar-refractivity contribution in [2.75, 3.05) is 26.1 Å². The molecule has 0 saturated heterocycles. The number of ether oxygens (including phenoxy) is 2. The topological polar surface area (TPSA) is 81.8 Å². The van der Waals surface area contributed by atoms with Crippen molar-refractivity contribution in [3.63, 3.8) is 0 Å². The van der Waals surface area contributed by atoms with Gasteiger partial charge in [0.25, 0.3) is 0 Å². The number of nitrogens with two attached hydrogens (primary N) is 1. The molecule has 5 nitrogen and oxygen atoms in total. The Labute approximate surface area is 87.4 Å². The Morgan fingerprint density at radius 2 is 2.27 bits per heavy atom. The first-order valence-electron chi connectivity index (χ1n) is 4.40. The molecule has 3 N–H and O–H groups in total. The van der Waals surface area contributed by atoms with Crippen molar-refractivity contribution in [2.45, 2.75) is 0 Å². The largest absolute Gasteiger partial charge is 0.490 e. The average molecular weight is 211 g/mol. The van der Waals surface area contributed by atoms with E-state index in [1.165, 1.54) is 13.2 Å². The molecule has 0 aliphatic heterocycles. The van der Waals surface area contributed by atoms with Crippen LogP contribution in [0.25, 0.3) is 0 Å². The van der Waals surface area contributed by atoms with Crippen LogP contribution in [0, 0.1) is 0 Å². The Morgan fingerprint density at radius 3 is 2.87 bits per heavy atom. The first-order valence-corrected chi connectivity index (χ1v) is 4.40. The summed E-state index contributed by atoms with van der Waals surface area (Å²) in [6, 6.07) is 4.65. The minimum Gasteiger partial charge on any atom is -0.490 e. The summed E-state index contributed by atoms with van der Waals surface area (Å²) in [5, 5.41) is 8.60. The van der Waals surface area contributed by atoms with Crippen molar-refractivity contribution in [3.8, 4) is 5.75 Å². The molecule has 0 heterocycles. The molecule has 0 fully saturated rings. The molecule has 0 aromatic heterocycles. The van der Waals surface area contributed by atoms with Crippen LogP contribution in [0.2, 0.25) is 0 Å². The molecule has 0 unspecified atom stereocenters. The van der Waals surface area contributed by atoms with Crippen LogP contribution < -0.4 is 10.5 Å². The number of hydrogen-bond acceptors (Lipinski definition) is 5. The summed E-state index contributed by atoms with van der Waals surface area (Å²) in [4.78, 5) is 11.3. The zero-order valence-electron chi connectivity index (χ0n) is 8.40. The molecule has 0 aliphatic carbocycles. The summed E-state index contributed by atoms with van der Waals surface area (Å²) in [6.07, 6.45) is 0. The molecule has 0 atom stereocenters. The van der Waals surface area contributed by atoms with E-state index in [0.29, 0.717) is 11.4 Å². The van der Waals surface area contributed by atoms with E-state index in [1.54, 1.807) is 12.1 Å². The van der Waals surface area contributed by atoms with E-state index in [-0.39, 0.29) is 18.8 Å². The molecule has 0 amide bonds. The highest BCUT2D eigenvalue weighted by atomic mass is 16.5. The molecule has 82 valence electrons. The lowest BCUT2D eigenvalue weighted by Crippen LogP contribution is -2.09. The molecular formula is C10H13NO4. The number of aliphatic hydroxyl groups excluding tert-OH is 1. The molecule has 1 rings (SSSR count).